The topological polar surface area (TPSA) is 49.3 Å². The van der Waals surface area contributed by atoms with Crippen molar-refractivity contribution in [3.63, 3.8) is 0 Å². The number of thioether (sulfide) groups is 2. The van der Waals surface area contributed by atoms with Gasteiger partial charge in [0, 0.05) is 35.5 Å². The first-order valence-corrected chi connectivity index (χ1v) is 7.61. The van der Waals surface area contributed by atoms with Crippen molar-refractivity contribution >= 4 is 29.5 Å². The molecule has 1 fully saturated rings. The Morgan fingerprint density at radius 1 is 1.40 bits per heavy atom. The Labute approximate surface area is 99.8 Å². The number of nitrogens with one attached hydrogen (secondary N) is 1. The van der Waals surface area contributed by atoms with E-state index in [0.29, 0.717) is 6.42 Å². The third kappa shape index (κ3) is 7.09. The Balaban J connectivity index is 1.85. The predicted molar refractivity (Wildman–Crippen MR) is 67.9 cm³/mol. The van der Waals surface area contributed by atoms with E-state index in [4.69, 9.17) is 5.11 Å². The molecule has 0 aliphatic carbocycles. The van der Waals surface area contributed by atoms with Gasteiger partial charge in [0.05, 0.1) is 0 Å². The molecule has 0 radical (unpaired) electrons. The van der Waals surface area contributed by atoms with E-state index >= 15 is 0 Å². The van der Waals surface area contributed by atoms with E-state index in [2.05, 4.69) is 17.1 Å². The fourth-order valence-corrected chi connectivity index (χ4v) is 4.09. The molecule has 0 amide bonds. The highest BCUT2D eigenvalue weighted by Gasteiger charge is 2.12. The molecule has 0 saturated carbocycles. The van der Waals surface area contributed by atoms with Gasteiger partial charge in [-0.25, -0.2) is 0 Å². The maximum atomic E-state index is 10.3. The standard InChI is InChI=1S/C10H19NO2S2/c12-10(13)3-1-2-4-11-7-9-8-14-5-6-15-9/h9,11H,1-8H2,(H,12,13). The van der Waals surface area contributed by atoms with Crippen LogP contribution in [0.5, 0.6) is 0 Å². The zero-order valence-electron chi connectivity index (χ0n) is 8.91. The predicted octanol–water partition coefficient (Wildman–Crippen LogP) is 1.68. The van der Waals surface area contributed by atoms with Gasteiger partial charge < -0.3 is 10.4 Å². The molecule has 0 aromatic carbocycles. The summed E-state index contributed by atoms with van der Waals surface area (Å²) in [4.78, 5) is 10.3. The average Bonchev–Trinajstić information content (AvgIpc) is 2.24. The van der Waals surface area contributed by atoms with Crippen LogP contribution in [0.25, 0.3) is 0 Å². The third-order valence-electron chi connectivity index (χ3n) is 2.25. The minimum atomic E-state index is -0.686. The number of rotatable bonds is 7. The highest BCUT2D eigenvalue weighted by Crippen LogP contribution is 2.23. The highest BCUT2D eigenvalue weighted by molar-refractivity contribution is 8.06. The first kappa shape index (κ1) is 13.2. The largest absolute Gasteiger partial charge is 0.481 e. The van der Waals surface area contributed by atoms with Gasteiger partial charge in [-0.3, -0.25) is 4.79 Å². The quantitative estimate of drug-likeness (QED) is 0.672. The highest BCUT2D eigenvalue weighted by atomic mass is 32.2. The van der Waals surface area contributed by atoms with Crippen LogP contribution < -0.4 is 5.32 Å². The number of carboxylic acid groups (broad SMARTS) is 1. The van der Waals surface area contributed by atoms with Crippen molar-refractivity contribution in [2.24, 2.45) is 0 Å². The Morgan fingerprint density at radius 3 is 2.93 bits per heavy atom. The van der Waals surface area contributed by atoms with Crippen molar-refractivity contribution < 1.29 is 9.90 Å². The van der Waals surface area contributed by atoms with Crippen LogP contribution in [0.2, 0.25) is 0 Å². The lowest BCUT2D eigenvalue weighted by atomic mass is 10.2. The van der Waals surface area contributed by atoms with Crippen molar-refractivity contribution in [3.8, 4) is 0 Å². The number of unbranched alkanes of at least 4 members (excludes halogenated alkanes) is 1. The zero-order chi connectivity index (χ0) is 10.9. The Bertz CT molecular complexity index is 184. The molecule has 1 rings (SSSR count). The van der Waals surface area contributed by atoms with E-state index in [9.17, 15) is 4.79 Å². The van der Waals surface area contributed by atoms with E-state index in [-0.39, 0.29) is 0 Å². The van der Waals surface area contributed by atoms with Crippen LogP contribution in [0.1, 0.15) is 19.3 Å². The number of hydrogen-bond acceptors (Lipinski definition) is 4. The van der Waals surface area contributed by atoms with E-state index in [1.54, 1.807) is 0 Å². The molecule has 2 N–H and O–H groups in total. The monoisotopic (exact) mass is 249 g/mol. The minimum absolute atomic E-state index is 0.301. The number of carboxylic acids is 1. The Morgan fingerprint density at radius 2 is 2.27 bits per heavy atom. The molecule has 15 heavy (non-hydrogen) atoms. The van der Waals surface area contributed by atoms with Gasteiger partial charge in [-0.1, -0.05) is 0 Å². The molecule has 0 bridgehead atoms. The van der Waals surface area contributed by atoms with E-state index in [1.165, 1.54) is 17.3 Å². The molecule has 1 unspecified atom stereocenters. The van der Waals surface area contributed by atoms with Gasteiger partial charge in [0.2, 0.25) is 0 Å². The lowest BCUT2D eigenvalue weighted by Crippen LogP contribution is -2.29. The van der Waals surface area contributed by atoms with Crippen molar-refractivity contribution in [2.45, 2.75) is 24.5 Å². The lowest BCUT2D eigenvalue weighted by molar-refractivity contribution is -0.137. The smallest absolute Gasteiger partial charge is 0.303 e. The van der Waals surface area contributed by atoms with Crippen molar-refractivity contribution in [1.82, 2.24) is 5.32 Å². The molecule has 0 aromatic rings. The summed E-state index contributed by atoms with van der Waals surface area (Å²) < 4.78 is 0. The molecular weight excluding hydrogens is 230 g/mol. The summed E-state index contributed by atoms with van der Waals surface area (Å²) in [7, 11) is 0. The molecule has 1 saturated heterocycles. The van der Waals surface area contributed by atoms with Crippen LogP contribution in [-0.2, 0) is 4.79 Å². The summed E-state index contributed by atoms with van der Waals surface area (Å²) in [6.07, 6.45) is 2.06. The number of hydrogen-bond donors (Lipinski definition) is 2. The molecule has 1 atom stereocenters. The Kier molecular flexibility index (Phi) is 7.30. The summed E-state index contributed by atoms with van der Waals surface area (Å²) in [6, 6.07) is 0. The van der Waals surface area contributed by atoms with Crippen LogP contribution in [0.15, 0.2) is 0 Å². The summed E-state index contributed by atoms with van der Waals surface area (Å²) in [5.41, 5.74) is 0. The second kappa shape index (κ2) is 8.30. The summed E-state index contributed by atoms with van der Waals surface area (Å²) in [5, 5.41) is 12.6. The van der Waals surface area contributed by atoms with Crippen LogP contribution in [0.3, 0.4) is 0 Å². The molecule has 3 nitrogen and oxygen atoms in total. The maximum absolute atomic E-state index is 10.3. The van der Waals surface area contributed by atoms with Gasteiger partial charge in [-0.05, 0) is 19.4 Å². The zero-order valence-corrected chi connectivity index (χ0v) is 10.5. The van der Waals surface area contributed by atoms with Gasteiger partial charge >= 0.3 is 5.97 Å². The van der Waals surface area contributed by atoms with Crippen molar-refractivity contribution in [3.05, 3.63) is 0 Å². The summed E-state index contributed by atoms with van der Waals surface area (Å²) >= 11 is 4.09. The SMILES string of the molecule is O=C(O)CCCCNCC1CSCCS1. The van der Waals surface area contributed by atoms with Crippen LogP contribution in [-0.4, -0.2) is 46.7 Å². The first-order valence-electron chi connectivity index (χ1n) is 5.41. The lowest BCUT2D eigenvalue weighted by Gasteiger charge is -2.21. The molecule has 88 valence electrons. The summed E-state index contributed by atoms with van der Waals surface area (Å²) in [5.74, 6) is 3.14. The van der Waals surface area contributed by atoms with Gasteiger partial charge in [0.1, 0.15) is 0 Å². The second-order valence-corrected chi connectivity index (χ2v) is 6.18. The van der Waals surface area contributed by atoms with Gasteiger partial charge in [-0.2, -0.15) is 23.5 Å². The average molecular weight is 249 g/mol. The van der Waals surface area contributed by atoms with Crippen molar-refractivity contribution in [1.29, 1.82) is 0 Å². The van der Waals surface area contributed by atoms with Gasteiger partial charge in [0.15, 0.2) is 0 Å². The van der Waals surface area contributed by atoms with E-state index in [0.717, 1.165) is 31.2 Å². The molecule has 1 aliphatic rings. The molecular formula is C10H19NO2S2. The fourth-order valence-electron chi connectivity index (χ4n) is 1.44. The second-order valence-electron chi connectivity index (χ2n) is 3.62. The minimum Gasteiger partial charge on any atom is -0.481 e. The summed E-state index contributed by atoms with van der Waals surface area (Å²) in [6.45, 7) is 2.03. The van der Waals surface area contributed by atoms with Crippen LogP contribution >= 0.6 is 23.5 Å². The maximum Gasteiger partial charge on any atom is 0.303 e. The van der Waals surface area contributed by atoms with E-state index < -0.39 is 5.97 Å². The third-order valence-corrected chi connectivity index (χ3v) is 5.10. The van der Waals surface area contributed by atoms with Crippen molar-refractivity contribution in [2.75, 3.05) is 30.3 Å². The first-order chi connectivity index (χ1) is 7.29. The fraction of sp³-hybridized carbons (Fsp3) is 0.900. The molecule has 0 aromatic heterocycles. The van der Waals surface area contributed by atoms with Gasteiger partial charge in [-0.15, -0.1) is 0 Å². The van der Waals surface area contributed by atoms with Crippen LogP contribution in [0, 0.1) is 0 Å². The molecule has 0 spiro atoms. The molecule has 5 heteroatoms. The normalized spacial score (nSPS) is 21.5. The van der Waals surface area contributed by atoms with E-state index in [1.807, 2.05) is 11.8 Å². The number of aliphatic carboxylic acids is 1. The molecule has 1 heterocycles. The van der Waals surface area contributed by atoms with Gasteiger partial charge in [0.25, 0.3) is 0 Å². The Hall–Kier alpha value is 0.130. The number of carbonyl (C=O) groups is 1. The van der Waals surface area contributed by atoms with Crippen LogP contribution in [0.4, 0.5) is 0 Å². The molecule has 1 aliphatic heterocycles.